The number of aromatic amines is 1. The van der Waals surface area contributed by atoms with Crippen molar-refractivity contribution < 1.29 is 0 Å². The molecule has 16 heavy (non-hydrogen) atoms. The normalized spacial score (nSPS) is 14.0. The molecule has 0 fully saturated rings. The molecule has 0 bridgehead atoms. The minimum atomic E-state index is 0.344. The second-order valence-corrected chi connectivity index (χ2v) is 5.13. The van der Waals surface area contributed by atoms with Crippen molar-refractivity contribution in [1.29, 1.82) is 0 Å². The average molecular weight is 235 g/mol. The van der Waals surface area contributed by atoms with Crippen molar-refractivity contribution in [3.8, 4) is 0 Å². The second-order valence-electron chi connectivity index (χ2n) is 3.91. The SMILES string of the molecule is Nc1nc(NCc2cc3c(s2)CCC3)n[nH]1. The molecule has 84 valence electrons. The fraction of sp³-hybridized carbons (Fsp3) is 0.400. The molecule has 1 aliphatic rings. The molecule has 0 atom stereocenters. The Labute approximate surface area is 97.1 Å². The third-order valence-corrected chi connectivity index (χ3v) is 3.96. The third kappa shape index (κ3) is 1.76. The Balaban J connectivity index is 1.66. The monoisotopic (exact) mass is 235 g/mol. The Morgan fingerprint density at radius 1 is 1.50 bits per heavy atom. The molecule has 0 amide bonds. The molecule has 0 saturated heterocycles. The van der Waals surface area contributed by atoms with Crippen LogP contribution in [0.5, 0.6) is 0 Å². The molecule has 0 saturated carbocycles. The number of hydrogen-bond donors (Lipinski definition) is 3. The zero-order valence-electron chi connectivity index (χ0n) is 8.79. The van der Waals surface area contributed by atoms with E-state index in [2.05, 4.69) is 26.6 Å². The first-order valence-electron chi connectivity index (χ1n) is 5.33. The zero-order valence-corrected chi connectivity index (χ0v) is 9.60. The first-order valence-corrected chi connectivity index (χ1v) is 6.15. The minimum absolute atomic E-state index is 0.344. The number of fused-ring (bicyclic) bond motifs is 1. The molecule has 0 aliphatic heterocycles. The number of H-pyrrole nitrogens is 1. The highest BCUT2D eigenvalue weighted by Gasteiger charge is 2.14. The number of nitrogens with one attached hydrogen (secondary N) is 2. The van der Waals surface area contributed by atoms with Crippen LogP contribution in [0.15, 0.2) is 6.07 Å². The lowest BCUT2D eigenvalue weighted by atomic mass is 10.2. The van der Waals surface area contributed by atoms with Crippen LogP contribution in [0.2, 0.25) is 0 Å². The number of thiophene rings is 1. The van der Waals surface area contributed by atoms with Gasteiger partial charge in [0.2, 0.25) is 11.9 Å². The maximum atomic E-state index is 5.44. The fourth-order valence-electron chi connectivity index (χ4n) is 2.00. The van der Waals surface area contributed by atoms with Crippen molar-refractivity contribution in [3.63, 3.8) is 0 Å². The number of nitrogens with two attached hydrogens (primary N) is 1. The fourth-order valence-corrected chi connectivity index (χ4v) is 3.20. The standard InChI is InChI=1S/C10H13N5S/c11-9-13-10(15-14-9)12-5-7-4-6-2-1-3-8(6)16-7/h4H,1-3,5H2,(H4,11,12,13,14,15). The van der Waals surface area contributed by atoms with Gasteiger partial charge in [0, 0.05) is 9.75 Å². The first-order chi connectivity index (χ1) is 7.81. The van der Waals surface area contributed by atoms with Crippen LogP contribution in [0.4, 0.5) is 11.9 Å². The summed E-state index contributed by atoms with van der Waals surface area (Å²) in [7, 11) is 0. The predicted molar refractivity (Wildman–Crippen MR) is 64.5 cm³/mol. The molecule has 6 heteroatoms. The van der Waals surface area contributed by atoms with Crippen molar-refractivity contribution in [2.45, 2.75) is 25.8 Å². The number of aromatic nitrogens is 3. The van der Waals surface area contributed by atoms with Crippen LogP contribution in [0.25, 0.3) is 0 Å². The van der Waals surface area contributed by atoms with Crippen molar-refractivity contribution in [2.75, 3.05) is 11.1 Å². The molecule has 2 aromatic rings. The summed E-state index contributed by atoms with van der Waals surface area (Å²) in [5.41, 5.74) is 6.96. The number of hydrogen-bond acceptors (Lipinski definition) is 5. The summed E-state index contributed by atoms with van der Waals surface area (Å²) < 4.78 is 0. The van der Waals surface area contributed by atoms with Crippen LogP contribution in [-0.4, -0.2) is 15.2 Å². The van der Waals surface area contributed by atoms with Crippen molar-refractivity contribution in [2.24, 2.45) is 0 Å². The van der Waals surface area contributed by atoms with Gasteiger partial charge in [-0.1, -0.05) is 0 Å². The molecule has 2 aromatic heterocycles. The van der Waals surface area contributed by atoms with Gasteiger partial charge in [-0.05, 0) is 30.9 Å². The Hall–Kier alpha value is -1.56. The number of anilines is 2. The highest BCUT2D eigenvalue weighted by Crippen LogP contribution is 2.30. The van der Waals surface area contributed by atoms with Gasteiger partial charge in [-0.15, -0.1) is 16.4 Å². The van der Waals surface area contributed by atoms with E-state index in [0.717, 1.165) is 6.54 Å². The van der Waals surface area contributed by atoms with E-state index in [1.54, 1.807) is 4.88 Å². The summed E-state index contributed by atoms with van der Waals surface area (Å²) in [6.07, 6.45) is 3.79. The maximum absolute atomic E-state index is 5.44. The van der Waals surface area contributed by atoms with Crippen LogP contribution < -0.4 is 11.1 Å². The van der Waals surface area contributed by atoms with E-state index in [-0.39, 0.29) is 0 Å². The van der Waals surface area contributed by atoms with E-state index >= 15 is 0 Å². The zero-order chi connectivity index (χ0) is 11.0. The van der Waals surface area contributed by atoms with Crippen molar-refractivity contribution in [1.82, 2.24) is 15.2 Å². The molecular weight excluding hydrogens is 222 g/mol. The largest absolute Gasteiger partial charge is 0.368 e. The topological polar surface area (TPSA) is 79.6 Å². The van der Waals surface area contributed by atoms with E-state index in [1.807, 2.05) is 11.3 Å². The van der Waals surface area contributed by atoms with Crippen LogP contribution >= 0.6 is 11.3 Å². The molecule has 4 N–H and O–H groups in total. The van der Waals surface area contributed by atoms with Gasteiger partial charge in [-0.2, -0.15) is 4.98 Å². The van der Waals surface area contributed by atoms with Gasteiger partial charge in [0.15, 0.2) is 0 Å². The quantitative estimate of drug-likeness (QED) is 0.754. The van der Waals surface area contributed by atoms with Crippen LogP contribution in [-0.2, 0) is 19.4 Å². The molecule has 2 heterocycles. The average Bonchev–Trinajstić information content (AvgIpc) is 2.89. The van der Waals surface area contributed by atoms with E-state index < -0.39 is 0 Å². The molecule has 3 rings (SSSR count). The van der Waals surface area contributed by atoms with Gasteiger partial charge in [0.25, 0.3) is 0 Å². The Morgan fingerprint density at radius 2 is 2.44 bits per heavy atom. The lowest BCUT2D eigenvalue weighted by molar-refractivity contribution is 0.913. The third-order valence-electron chi connectivity index (χ3n) is 2.72. The summed E-state index contributed by atoms with van der Waals surface area (Å²) in [4.78, 5) is 6.88. The molecule has 0 radical (unpaired) electrons. The maximum Gasteiger partial charge on any atom is 0.243 e. The molecule has 0 aromatic carbocycles. The molecule has 1 aliphatic carbocycles. The minimum Gasteiger partial charge on any atom is -0.368 e. The first kappa shape index (κ1) is 9.65. The van der Waals surface area contributed by atoms with E-state index in [0.29, 0.717) is 11.9 Å². The van der Waals surface area contributed by atoms with Gasteiger partial charge >= 0.3 is 0 Å². The number of nitrogens with zero attached hydrogens (tertiary/aromatic N) is 2. The van der Waals surface area contributed by atoms with Gasteiger partial charge in [0.1, 0.15) is 0 Å². The summed E-state index contributed by atoms with van der Waals surface area (Å²) in [6.45, 7) is 0.773. The Morgan fingerprint density at radius 3 is 3.19 bits per heavy atom. The van der Waals surface area contributed by atoms with Crippen LogP contribution in [0, 0.1) is 0 Å². The van der Waals surface area contributed by atoms with Crippen LogP contribution in [0.3, 0.4) is 0 Å². The van der Waals surface area contributed by atoms with Crippen LogP contribution in [0.1, 0.15) is 21.7 Å². The predicted octanol–water partition coefficient (Wildman–Crippen LogP) is 1.55. The highest BCUT2D eigenvalue weighted by atomic mass is 32.1. The summed E-state index contributed by atoms with van der Waals surface area (Å²) in [5, 5.41) is 9.68. The van der Waals surface area contributed by atoms with E-state index in [1.165, 1.54) is 29.7 Å². The van der Waals surface area contributed by atoms with Gasteiger partial charge in [-0.25, -0.2) is 5.10 Å². The van der Waals surface area contributed by atoms with Crippen molar-refractivity contribution in [3.05, 3.63) is 21.4 Å². The van der Waals surface area contributed by atoms with E-state index in [4.69, 9.17) is 5.73 Å². The molecule has 5 nitrogen and oxygen atoms in total. The van der Waals surface area contributed by atoms with Crippen molar-refractivity contribution >= 4 is 23.2 Å². The highest BCUT2D eigenvalue weighted by molar-refractivity contribution is 7.12. The Kier molecular flexibility index (Phi) is 2.28. The molecule has 0 spiro atoms. The summed E-state index contributed by atoms with van der Waals surface area (Å²) >= 11 is 1.89. The number of rotatable bonds is 3. The van der Waals surface area contributed by atoms with Gasteiger partial charge in [0.05, 0.1) is 6.54 Å². The number of nitrogen functional groups attached to an aromatic ring is 1. The van der Waals surface area contributed by atoms with Gasteiger partial charge < -0.3 is 11.1 Å². The molecular formula is C10H13N5S. The smallest absolute Gasteiger partial charge is 0.243 e. The summed E-state index contributed by atoms with van der Waals surface area (Å²) in [5.74, 6) is 0.905. The Bertz CT molecular complexity index is 480. The lowest BCUT2D eigenvalue weighted by Gasteiger charge is -1.97. The number of aryl methyl sites for hydroxylation is 2. The van der Waals surface area contributed by atoms with Gasteiger partial charge in [-0.3, -0.25) is 0 Å². The van der Waals surface area contributed by atoms with E-state index in [9.17, 15) is 0 Å². The molecule has 0 unspecified atom stereocenters. The second kappa shape index (κ2) is 3.79. The lowest BCUT2D eigenvalue weighted by Crippen LogP contribution is -1.99. The summed E-state index contributed by atoms with van der Waals surface area (Å²) in [6, 6.07) is 2.29.